The molecule has 8 heteroatoms. The lowest BCUT2D eigenvalue weighted by Crippen LogP contribution is -2.47. The van der Waals surface area contributed by atoms with Gasteiger partial charge in [0.15, 0.2) is 17.3 Å². The van der Waals surface area contributed by atoms with Crippen LogP contribution < -0.4 is 19.3 Å². The van der Waals surface area contributed by atoms with Gasteiger partial charge in [-0.3, -0.25) is 4.79 Å². The van der Waals surface area contributed by atoms with Crippen molar-refractivity contribution in [2.24, 2.45) is 0 Å². The third-order valence-electron chi connectivity index (χ3n) is 6.38. The van der Waals surface area contributed by atoms with Crippen LogP contribution >= 0.6 is 0 Å². The number of carbonyl (C=O) groups excluding carboxylic acids is 1. The van der Waals surface area contributed by atoms with E-state index in [1.807, 2.05) is 24.3 Å². The number of rotatable bonds is 7. The minimum atomic E-state index is -0.404. The molecule has 0 saturated carbocycles. The molecule has 3 aromatic carbocycles. The van der Waals surface area contributed by atoms with Gasteiger partial charge in [-0.05, 0) is 42.8 Å². The van der Waals surface area contributed by atoms with Gasteiger partial charge in [0.2, 0.25) is 0 Å². The Morgan fingerprint density at radius 2 is 1.72 bits per heavy atom. The van der Waals surface area contributed by atoms with Crippen molar-refractivity contribution < 1.29 is 18.7 Å². The summed E-state index contributed by atoms with van der Waals surface area (Å²) in [4.78, 5) is 17.6. The highest BCUT2D eigenvalue weighted by molar-refractivity contribution is 6.04. The van der Waals surface area contributed by atoms with Gasteiger partial charge in [-0.15, -0.1) is 5.10 Å². The quantitative estimate of drug-likeness (QED) is 0.365. The third kappa shape index (κ3) is 4.46. The molecule has 1 aliphatic heterocycles. The molecule has 7 nitrogen and oxygen atoms in total. The number of ether oxygens (including phenoxy) is 2. The number of piperazine rings is 1. The van der Waals surface area contributed by atoms with Crippen LogP contribution in [0, 0.1) is 5.82 Å². The Morgan fingerprint density at radius 1 is 0.972 bits per heavy atom. The van der Waals surface area contributed by atoms with Crippen LogP contribution in [0.25, 0.3) is 10.9 Å². The second-order valence-electron chi connectivity index (χ2n) is 8.70. The number of halogens is 1. The van der Waals surface area contributed by atoms with E-state index in [9.17, 15) is 9.18 Å². The first-order chi connectivity index (χ1) is 17.6. The maximum absolute atomic E-state index is 14.2. The average molecular weight is 489 g/mol. The smallest absolute Gasteiger partial charge is 0.278 e. The molecule has 0 unspecified atom stereocenters. The Labute approximate surface area is 209 Å². The lowest BCUT2D eigenvalue weighted by molar-refractivity contribution is 0.0950. The normalized spacial score (nSPS) is 13.8. The van der Waals surface area contributed by atoms with Gasteiger partial charge in [0.1, 0.15) is 5.82 Å². The number of anilines is 2. The molecule has 1 aromatic heterocycles. The first-order valence-electron chi connectivity index (χ1n) is 12.2. The van der Waals surface area contributed by atoms with Crippen LogP contribution in [0.15, 0.2) is 66.7 Å². The summed E-state index contributed by atoms with van der Waals surface area (Å²) in [7, 11) is 1.66. The van der Waals surface area contributed by atoms with Crippen molar-refractivity contribution in [3.05, 3.63) is 78.1 Å². The number of nitrogens with zero attached hydrogens (tertiary/aromatic N) is 4. The van der Waals surface area contributed by atoms with Crippen molar-refractivity contribution in [3.8, 4) is 11.5 Å². The van der Waals surface area contributed by atoms with Crippen LogP contribution in [-0.2, 0) is 0 Å². The van der Waals surface area contributed by atoms with E-state index in [0.717, 1.165) is 42.1 Å². The van der Waals surface area contributed by atoms with E-state index in [-0.39, 0.29) is 5.91 Å². The zero-order valence-electron chi connectivity index (χ0n) is 20.5. The highest BCUT2D eigenvalue weighted by Crippen LogP contribution is 2.38. The fraction of sp³-hybridized carbons (Fsp3) is 0.286. The fourth-order valence-corrected chi connectivity index (χ4v) is 4.61. The molecule has 1 aliphatic rings. The summed E-state index contributed by atoms with van der Waals surface area (Å²) in [6, 6.07) is 19.4. The van der Waals surface area contributed by atoms with E-state index in [0.29, 0.717) is 36.6 Å². The summed E-state index contributed by atoms with van der Waals surface area (Å²) >= 11 is 0. The van der Waals surface area contributed by atoms with Crippen LogP contribution in [0.5, 0.6) is 11.5 Å². The maximum atomic E-state index is 14.2. The second kappa shape index (κ2) is 10.3. The predicted molar refractivity (Wildman–Crippen MR) is 139 cm³/mol. The predicted octanol–water partition coefficient (Wildman–Crippen LogP) is 4.99. The van der Waals surface area contributed by atoms with Crippen molar-refractivity contribution in [2.75, 3.05) is 49.7 Å². The topological polar surface area (TPSA) is 59.8 Å². The molecule has 1 fully saturated rings. The highest BCUT2D eigenvalue weighted by atomic mass is 19.1. The largest absolute Gasteiger partial charge is 0.491 e. The van der Waals surface area contributed by atoms with Crippen molar-refractivity contribution in [1.29, 1.82) is 0 Å². The van der Waals surface area contributed by atoms with E-state index >= 15 is 0 Å². The van der Waals surface area contributed by atoms with Gasteiger partial charge in [0.25, 0.3) is 5.91 Å². The number of aromatic nitrogens is 2. The molecule has 0 atom stereocenters. The Morgan fingerprint density at radius 3 is 2.44 bits per heavy atom. The molecule has 36 heavy (non-hydrogen) atoms. The Bertz CT molecular complexity index is 1360. The molecule has 0 aliphatic carbocycles. The fourth-order valence-electron chi connectivity index (χ4n) is 4.61. The summed E-state index contributed by atoms with van der Waals surface area (Å²) in [5.41, 5.74) is 1.95. The number of methoxy groups -OCH3 is 1. The number of carbonyl (C=O) groups is 1. The lowest BCUT2D eigenvalue weighted by atomic mass is 10.2. The number of hydrogen-bond donors (Lipinski definition) is 0. The van der Waals surface area contributed by atoms with Gasteiger partial charge in [0, 0.05) is 43.2 Å². The van der Waals surface area contributed by atoms with Crippen LogP contribution in [0.1, 0.15) is 23.7 Å². The van der Waals surface area contributed by atoms with Gasteiger partial charge in [-0.2, -0.15) is 4.68 Å². The Kier molecular flexibility index (Phi) is 6.75. The summed E-state index contributed by atoms with van der Waals surface area (Å²) in [6.07, 6.45) is 0.920. The molecule has 1 saturated heterocycles. The lowest BCUT2D eigenvalue weighted by Gasteiger charge is -2.37. The van der Waals surface area contributed by atoms with E-state index in [1.165, 1.54) is 16.8 Å². The number of hydrogen-bond acceptors (Lipinski definition) is 6. The van der Waals surface area contributed by atoms with Crippen LogP contribution in [0.2, 0.25) is 0 Å². The van der Waals surface area contributed by atoms with Crippen LogP contribution in [-0.4, -0.2) is 55.6 Å². The van der Waals surface area contributed by atoms with Crippen molar-refractivity contribution in [3.63, 3.8) is 0 Å². The van der Waals surface area contributed by atoms with Crippen molar-refractivity contribution >= 4 is 28.3 Å². The Balaban J connectivity index is 1.41. The van der Waals surface area contributed by atoms with Crippen molar-refractivity contribution in [2.45, 2.75) is 13.3 Å². The molecule has 0 bridgehead atoms. The maximum Gasteiger partial charge on any atom is 0.278 e. The molecule has 0 radical (unpaired) electrons. The SMILES string of the molecule is CCCOc1cccc(N2CCN(c3nn(C(=O)c4ccccc4)c4cc(F)ccc34)CC2)c1OC. The number of para-hydroxylation sites is 1. The molecular formula is C28H29FN4O3. The first-order valence-corrected chi connectivity index (χ1v) is 12.2. The van der Waals surface area contributed by atoms with Gasteiger partial charge < -0.3 is 19.3 Å². The van der Waals surface area contributed by atoms with E-state index < -0.39 is 5.82 Å². The summed E-state index contributed by atoms with van der Waals surface area (Å²) in [5, 5.41) is 5.42. The molecule has 4 aromatic rings. The minimum Gasteiger partial charge on any atom is -0.491 e. The summed E-state index contributed by atoms with van der Waals surface area (Å²) < 4.78 is 27.1. The summed E-state index contributed by atoms with van der Waals surface area (Å²) in [5.74, 6) is 1.47. The first kappa shape index (κ1) is 23.7. The monoisotopic (exact) mass is 488 g/mol. The molecule has 186 valence electrons. The van der Waals surface area contributed by atoms with E-state index in [2.05, 4.69) is 21.8 Å². The molecule has 0 amide bonds. The minimum absolute atomic E-state index is 0.287. The standard InChI is InChI=1S/C28H29FN4O3/c1-3-18-36-25-11-7-10-23(26(25)35-2)31-14-16-32(17-15-31)27-22-13-12-21(29)19-24(22)33(30-27)28(34)20-8-5-4-6-9-20/h4-13,19H,3,14-18H2,1-2H3. The molecule has 2 heterocycles. The summed E-state index contributed by atoms with van der Waals surface area (Å²) in [6.45, 7) is 5.54. The molecule has 5 rings (SSSR count). The van der Waals surface area contributed by atoms with Crippen molar-refractivity contribution in [1.82, 2.24) is 9.78 Å². The third-order valence-corrected chi connectivity index (χ3v) is 6.38. The highest BCUT2D eigenvalue weighted by Gasteiger charge is 2.26. The van der Waals surface area contributed by atoms with Gasteiger partial charge in [-0.25, -0.2) is 4.39 Å². The zero-order chi connectivity index (χ0) is 25.1. The van der Waals surface area contributed by atoms with Crippen LogP contribution in [0.4, 0.5) is 15.9 Å². The van der Waals surface area contributed by atoms with Gasteiger partial charge in [-0.1, -0.05) is 31.2 Å². The average Bonchev–Trinajstić information content (AvgIpc) is 3.30. The number of fused-ring (bicyclic) bond motifs is 1. The molecule has 0 spiro atoms. The van der Waals surface area contributed by atoms with Crippen LogP contribution in [0.3, 0.4) is 0 Å². The zero-order valence-corrected chi connectivity index (χ0v) is 20.5. The molecule has 0 N–H and O–H groups in total. The molecular weight excluding hydrogens is 459 g/mol. The van der Waals surface area contributed by atoms with Gasteiger partial charge >= 0.3 is 0 Å². The van der Waals surface area contributed by atoms with E-state index in [4.69, 9.17) is 9.47 Å². The number of benzene rings is 3. The van der Waals surface area contributed by atoms with Gasteiger partial charge in [0.05, 0.1) is 24.9 Å². The second-order valence-corrected chi connectivity index (χ2v) is 8.70. The van der Waals surface area contributed by atoms with E-state index in [1.54, 1.807) is 37.4 Å². The Hall–Kier alpha value is -4.07.